The summed E-state index contributed by atoms with van der Waals surface area (Å²) in [5.74, 6) is 0.332. The molecule has 4 rings (SSSR count). The molecule has 1 aromatic heterocycles. The van der Waals surface area contributed by atoms with Gasteiger partial charge < -0.3 is 14.8 Å². The van der Waals surface area contributed by atoms with E-state index in [1.165, 1.54) is 16.7 Å². The number of nitrogens with one attached hydrogen (secondary N) is 1. The molecule has 9 heteroatoms. The van der Waals surface area contributed by atoms with Gasteiger partial charge in [0.1, 0.15) is 29.6 Å². The number of anilines is 1. The Morgan fingerprint density at radius 1 is 1.00 bits per heavy atom. The van der Waals surface area contributed by atoms with Gasteiger partial charge in [-0.15, -0.1) is 5.10 Å². The molecule has 0 aliphatic heterocycles. The van der Waals surface area contributed by atoms with E-state index in [0.29, 0.717) is 33.8 Å². The Labute approximate surface area is 222 Å². The molecule has 1 atom stereocenters. The number of aromatic nitrogens is 3. The van der Waals surface area contributed by atoms with Gasteiger partial charge in [0.15, 0.2) is 0 Å². The molecule has 0 spiro atoms. The minimum absolute atomic E-state index is 0.138. The molecule has 4 aromatic rings. The number of aryl methyl sites for hydroxylation is 1. The van der Waals surface area contributed by atoms with E-state index in [4.69, 9.17) is 9.47 Å². The summed E-state index contributed by atoms with van der Waals surface area (Å²) in [6.07, 6.45) is 0. The zero-order valence-electron chi connectivity index (χ0n) is 22.6. The highest BCUT2D eigenvalue weighted by molar-refractivity contribution is 6.02. The summed E-state index contributed by atoms with van der Waals surface area (Å²) < 4.78 is 12.6. The van der Waals surface area contributed by atoms with Gasteiger partial charge >= 0.3 is 0 Å². The van der Waals surface area contributed by atoms with Crippen LogP contribution in [0.3, 0.4) is 0 Å². The van der Waals surface area contributed by atoms with Gasteiger partial charge in [0.05, 0.1) is 25.4 Å². The summed E-state index contributed by atoms with van der Waals surface area (Å²) in [5.41, 5.74) is 2.82. The van der Waals surface area contributed by atoms with E-state index in [0.717, 1.165) is 5.56 Å². The highest BCUT2D eigenvalue weighted by Gasteiger charge is 2.36. The van der Waals surface area contributed by atoms with Crippen LogP contribution in [0, 0.1) is 6.92 Å². The van der Waals surface area contributed by atoms with Crippen LogP contribution in [0.25, 0.3) is 11.0 Å². The molecule has 38 heavy (non-hydrogen) atoms. The van der Waals surface area contributed by atoms with Crippen molar-refractivity contribution in [3.8, 4) is 11.5 Å². The van der Waals surface area contributed by atoms with Gasteiger partial charge in [-0.05, 0) is 75.2 Å². The van der Waals surface area contributed by atoms with Gasteiger partial charge in [-0.2, -0.15) is 0 Å². The van der Waals surface area contributed by atoms with Crippen LogP contribution in [0.5, 0.6) is 11.5 Å². The van der Waals surface area contributed by atoms with Crippen molar-refractivity contribution in [1.82, 2.24) is 20.3 Å². The summed E-state index contributed by atoms with van der Waals surface area (Å²) in [5, 5.41) is 11.4. The summed E-state index contributed by atoms with van der Waals surface area (Å²) in [4.78, 5) is 29.7. The summed E-state index contributed by atoms with van der Waals surface area (Å²) >= 11 is 0. The average Bonchev–Trinajstić information content (AvgIpc) is 3.28. The smallest absolute Gasteiger partial charge is 0.249 e. The Morgan fingerprint density at radius 3 is 2.47 bits per heavy atom. The Morgan fingerprint density at radius 2 is 1.76 bits per heavy atom. The normalized spacial score (nSPS) is 12.2. The Kier molecular flexibility index (Phi) is 7.66. The molecule has 3 aromatic carbocycles. The Bertz CT molecular complexity index is 1460. The van der Waals surface area contributed by atoms with Crippen molar-refractivity contribution in [2.24, 2.45) is 0 Å². The van der Waals surface area contributed by atoms with Crippen LogP contribution in [0.1, 0.15) is 37.9 Å². The van der Waals surface area contributed by atoms with Crippen molar-refractivity contribution in [3.05, 3.63) is 77.9 Å². The third-order valence-corrected chi connectivity index (χ3v) is 5.98. The summed E-state index contributed by atoms with van der Waals surface area (Å²) in [7, 11) is 3.10. The number of hydrogen-bond acceptors (Lipinski definition) is 6. The molecule has 9 nitrogen and oxygen atoms in total. The van der Waals surface area contributed by atoms with Crippen LogP contribution in [0.4, 0.5) is 5.69 Å². The van der Waals surface area contributed by atoms with E-state index < -0.39 is 11.6 Å². The van der Waals surface area contributed by atoms with E-state index in [9.17, 15) is 9.59 Å². The van der Waals surface area contributed by atoms with E-state index in [2.05, 4.69) is 15.6 Å². The lowest BCUT2D eigenvalue weighted by Crippen LogP contribution is -2.50. The van der Waals surface area contributed by atoms with Gasteiger partial charge in [-0.1, -0.05) is 35.5 Å². The third-order valence-electron chi connectivity index (χ3n) is 5.98. The minimum Gasteiger partial charge on any atom is -0.497 e. The molecule has 0 bridgehead atoms. The van der Waals surface area contributed by atoms with E-state index in [-0.39, 0.29) is 18.4 Å². The number of carbonyl (C=O) groups excluding carboxylic acids is 2. The number of para-hydroxylation sites is 1. The first-order chi connectivity index (χ1) is 18.1. The highest BCUT2D eigenvalue weighted by Crippen LogP contribution is 2.37. The fraction of sp³-hybridized carbons (Fsp3) is 0.310. The molecule has 0 aliphatic rings. The van der Waals surface area contributed by atoms with Crippen LogP contribution >= 0.6 is 0 Å². The number of nitrogens with zero attached hydrogens (tertiary/aromatic N) is 4. The van der Waals surface area contributed by atoms with Crippen molar-refractivity contribution in [2.45, 2.75) is 45.8 Å². The SMILES string of the molecule is COc1cccc([C@H](C(=O)NC(C)(C)C)N(C(=O)Cn2nnc3ccccc32)c2cc(C)ccc2OC)c1. The van der Waals surface area contributed by atoms with Crippen molar-refractivity contribution < 1.29 is 19.1 Å². The number of hydrogen-bond donors (Lipinski definition) is 1. The zero-order chi connectivity index (χ0) is 27.4. The van der Waals surface area contributed by atoms with Crippen LogP contribution in [0.2, 0.25) is 0 Å². The quantitative estimate of drug-likeness (QED) is 0.372. The molecule has 2 amide bonds. The first-order valence-corrected chi connectivity index (χ1v) is 12.3. The molecule has 0 unspecified atom stereocenters. The van der Waals surface area contributed by atoms with Crippen molar-refractivity contribution in [1.29, 1.82) is 0 Å². The molecule has 1 heterocycles. The topological polar surface area (TPSA) is 98.6 Å². The number of ether oxygens (including phenoxy) is 2. The molecule has 0 aliphatic carbocycles. The summed E-state index contributed by atoms with van der Waals surface area (Å²) in [6, 6.07) is 19.1. The van der Waals surface area contributed by atoms with Gasteiger partial charge in [-0.25, -0.2) is 4.68 Å². The van der Waals surface area contributed by atoms with Crippen LogP contribution in [-0.4, -0.2) is 46.6 Å². The van der Waals surface area contributed by atoms with Crippen LogP contribution < -0.4 is 19.7 Å². The van der Waals surface area contributed by atoms with Gasteiger partial charge in [0, 0.05) is 5.54 Å². The predicted molar refractivity (Wildman–Crippen MR) is 146 cm³/mol. The van der Waals surface area contributed by atoms with Crippen molar-refractivity contribution in [2.75, 3.05) is 19.1 Å². The van der Waals surface area contributed by atoms with Gasteiger partial charge in [0.2, 0.25) is 11.8 Å². The number of rotatable bonds is 8. The number of amides is 2. The molecule has 0 radical (unpaired) electrons. The second-order valence-electron chi connectivity index (χ2n) is 10.1. The second kappa shape index (κ2) is 10.9. The van der Waals surface area contributed by atoms with Crippen LogP contribution in [0.15, 0.2) is 66.7 Å². The molecular weight excluding hydrogens is 482 g/mol. The second-order valence-corrected chi connectivity index (χ2v) is 10.1. The van der Waals surface area contributed by atoms with Crippen molar-refractivity contribution in [3.63, 3.8) is 0 Å². The maximum atomic E-state index is 14.2. The first kappa shape index (κ1) is 26.7. The molecular formula is C29H33N5O4. The number of methoxy groups -OCH3 is 2. The number of fused-ring (bicyclic) bond motifs is 1. The number of carbonyl (C=O) groups is 2. The Balaban J connectivity index is 1.90. The van der Waals surface area contributed by atoms with E-state index in [1.807, 2.05) is 70.2 Å². The fourth-order valence-corrected chi connectivity index (χ4v) is 4.31. The maximum Gasteiger partial charge on any atom is 0.249 e. The standard InChI is InChI=1S/C29H33N5O4/c1-19-14-15-25(38-6)24(16-19)34(26(35)18-33-23-13-8-7-12-22(23)31-32-33)27(28(36)30-29(2,3)4)20-10-9-11-21(17-20)37-5/h7-17,27H,18H2,1-6H3,(H,30,36)/t27-/m1/s1. The lowest BCUT2D eigenvalue weighted by atomic mass is 10.00. The molecule has 0 fully saturated rings. The molecule has 1 N–H and O–H groups in total. The maximum absolute atomic E-state index is 14.2. The lowest BCUT2D eigenvalue weighted by Gasteiger charge is -2.34. The average molecular weight is 516 g/mol. The molecule has 0 saturated carbocycles. The molecule has 0 saturated heterocycles. The largest absolute Gasteiger partial charge is 0.497 e. The van der Waals surface area contributed by atoms with E-state index in [1.54, 1.807) is 31.4 Å². The number of benzene rings is 3. The van der Waals surface area contributed by atoms with Crippen molar-refractivity contribution >= 4 is 28.5 Å². The predicted octanol–water partition coefficient (Wildman–Crippen LogP) is 4.45. The third kappa shape index (κ3) is 5.77. The van der Waals surface area contributed by atoms with Gasteiger partial charge in [0.25, 0.3) is 0 Å². The van der Waals surface area contributed by atoms with Crippen LogP contribution in [-0.2, 0) is 16.1 Å². The highest BCUT2D eigenvalue weighted by atomic mass is 16.5. The minimum atomic E-state index is -1.03. The Hall–Kier alpha value is -4.40. The zero-order valence-corrected chi connectivity index (χ0v) is 22.6. The fourth-order valence-electron chi connectivity index (χ4n) is 4.31. The molecule has 198 valence electrons. The summed E-state index contributed by atoms with van der Waals surface area (Å²) in [6.45, 7) is 7.48. The lowest BCUT2D eigenvalue weighted by molar-refractivity contribution is -0.128. The first-order valence-electron chi connectivity index (χ1n) is 12.3. The van der Waals surface area contributed by atoms with E-state index >= 15 is 0 Å². The van der Waals surface area contributed by atoms with Gasteiger partial charge in [-0.3, -0.25) is 14.5 Å². The monoisotopic (exact) mass is 515 g/mol.